The van der Waals surface area contributed by atoms with Gasteiger partial charge in [-0.15, -0.1) is 0 Å². The molecule has 1 aliphatic rings. The second-order valence-electron chi connectivity index (χ2n) is 5.76. The lowest BCUT2D eigenvalue weighted by Gasteiger charge is -2.37. The molecule has 3 atom stereocenters. The highest BCUT2D eigenvalue weighted by Gasteiger charge is 2.31. The van der Waals surface area contributed by atoms with Crippen LogP contribution in [0.2, 0.25) is 5.02 Å². The molecule has 3 unspecified atom stereocenters. The van der Waals surface area contributed by atoms with Crippen LogP contribution in [-0.4, -0.2) is 18.0 Å². The van der Waals surface area contributed by atoms with Gasteiger partial charge in [-0.05, 0) is 49.9 Å². The average molecular weight is 277 g/mol. The van der Waals surface area contributed by atoms with E-state index in [1.54, 1.807) is 0 Å². The molecule has 0 radical (unpaired) electrons. The summed E-state index contributed by atoms with van der Waals surface area (Å²) in [6.45, 7) is 3.17. The van der Waals surface area contributed by atoms with Gasteiger partial charge in [-0.1, -0.05) is 30.7 Å². The second kappa shape index (κ2) is 6.41. The first-order valence-electron chi connectivity index (χ1n) is 6.94. The lowest BCUT2D eigenvalue weighted by atomic mass is 9.79. The number of nitriles is 1. The zero-order chi connectivity index (χ0) is 13.8. The van der Waals surface area contributed by atoms with E-state index in [9.17, 15) is 5.26 Å². The first kappa shape index (κ1) is 14.4. The Morgan fingerprint density at radius 3 is 2.63 bits per heavy atom. The number of nitrogens with zero attached hydrogens (tertiary/aromatic N) is 2. The molecule has 2 rings (SSSR count). The second-order valence-corrected chi connectivity index (χ2v) is 6.20. The number of hydrogen-bond acceptors (Lipinski definition) is 2. The van der Waals surface area contributed by atoms with Crippen LogP contribution in [0.25, 0.3) is 0 Å². The highest BCUT2D eigenvalue weighted by Crippen LogP contribution is 2.32. The Balaban J connectivity index is 2.03. The van der Waals surface area contributed by atoms with Crippen molar-refractivity contribution < 1.29 is 0 Å². The fraction of sp³-hybridized carbons (Fsp3) is 0.562. The largest absolute Gasteiger partial charge is 0.298 e. The molecule has 0 spiro atoms. The minimum Gasteiger partial charge on any atom is -0.298 e. The molecular formula is C16H21ClN2. The SMILES string of the molecule is CC1CCC(C#N)C(N(C)Cc2ccc(Cl)cc2)C1. The minimum atomic E-state index is 0.175. The summed E-state index contributed by atoms with van der Waals surface area (Å²) < 4.78 is 0. The van der Waals surface area contributed by atoms with Crippen molar-refractivity contribution in [2.75, 3.05) is 7.05 Å². The maximum Gasteiger partial charge on any atom is 0.0672 e. The van der Waals surface area contributed by atoms with Gasteiger partial charge in [-0.2, -0.15) is 5.26 Å². The van der Waals surface area contributed by atoms with Crippen LogP contribution in [0.15, 0.2) is 24.3 Å². The zero-order valence-corrected chi connectivity index (χ0v) is 12.4. The molecule has 0 aromatic heterocycles. The van der Waals surface area contributed by atoms with Gasteiger partial charge in [0, 0.05) is 17.6 Å². The summed E-state index contributed by atoms with van der Waals surface area (Å²) in [4.78, 5) is 2.33. The van der Waals surface area contributed by atoms with Gasteiger partial charge in [0.2, 0.25) is 0 Å². The molecule has 0 N–H and O–H groups in total. The third kappa shape index (κ3) is 3.72. The van der Waals surface area contributed by atoms with Crippen molar-refractivity contribution in [1.29, 1.82) is 5.26 Å². The number of rotatable bonds is 3. The predicted molar refractivity (Wildman–Crippen MR) is 78.8 cm³/mol. The van der Waals surface area contributed by atoms with Gasteiger partial charge in [-0.25, -0.2) is 0 Å². The van der Waals surface area contributed by atoms with E-state index in [1.807, 2.05) is 12.1 Å². The van der Waals surface area contributed by atoms with Crippen LogP contribution in [0.3, 0.4) is 0 Å². The Labute approximate surface area is 121 Å². The molecule has 0 amide bonds. The van der Waals surface area contributed by atoms with Crippen LogP contribution < -0.4 is 0 Å². The van der Waals surface area contributed by atoms with Gasteiger partial charge in [0.25, 0.3) is 0 Å². The summed E-state index contributed by atoms with van der Waals surface area (Å²) in [7, 11) is 2.13. The fourth-order valence-electron chi connectivity index (χ4n) is 2.98. The van der Waals surface area contributed by atoms with Gasteiger partial charge >= 0.3 is 0 Å². The topological polar surface area (TPSA) is 27.0 Å². The van der Waals surface area contributed by atoms with Crippen LogP contribution in [-0.2, 0) is 6.54 Å². The standard InChI is InChI=1S/C16H21ClN2/c1-12-3-6-14(10-18)16(9-12)19(2)11-13-4-7-15(17)8-5-13/h4-5,7-8,12,14,16H,3,6,9,11H2,1-2H3. The summed E-state index contributed by atoms with van der Waals surface area (Å²) in [6, 6.07) is 10.8. The Bertz CT molecular complexity index is 449. The first-order chi connectivity index (χ1) is 9.10. The van der Waals surface area contributed by atoms with Crippen molar-refractivity contribution in [2.24, 2.45) is 11.8 Å². The van der Waals surface area contributed by atoms with Crippen molar-refractivity contribution >= 4 is 11.6 Å². The van der Waals surface area contributed by atoms with E-state index in [0.29, 0.717) is 6.04 Å². The van der Waals surface area contributed by atoms with Crippen LogP contribution in [0.5, 0.6) is 0 Å². The Kier molecular flexibility index (Phi) is 4.85. The monoisotopic (exact) mass is 276 g/mol. The van der Waals surface area contributed by atoms with Gasteiger partial charge in [0.05, 0.1) is 12.0 Å². The highest BCUT2D eigenvalue weighted by molar-refractivity contribution is 6.30. The van der Waals surface area contributed by atoms with E-state index in [-0.39, 0.29) is 5.92 Å². The third-order valence-corrected chi connectivity index (χ3v) is 4.41. The lowest BCUT2D eigenvalue weighted by molar-refractivity contribution is 0.125. The van der Waals surface area contributed by atoms with Crippen molar-refractivity contribution in [1.82, 2.24) is 4.90 Å². The minimum absolute atomic E-state index is 0.175. The van der Waals surface area contributed by atoms with Crippen LogP contribution >= 0.6 is 11.6 Å². The molecule has 19 heavy (non-hydrogen) atoms. The molecule has 1 aliphatic carbocycles. The highest BCUT2D eigenvalue weighted by atomic mass is 35.5. The Hall–Kier alpha value is -1.04. The van der Waals surface area contributed by atoms with Crippen molar-refractivity contribution in [3.63, 3.8) is 0 Å². The van der Waals surface area contributed by atoms with Crippen LogP contribution in [0.1, 0.15) is 31.7 Å². The maximum absolute atomic E-state index is 9.30. The molecule has 3 heteroatoms. The Morgan fingerprint density at radius 2 is 2.00 bits per heavy atom. The molecule has 0 heterocycles. The van der Waals surface area contributed by atoms with E-state index in [0.717, 1.165) is 30.3 Å². The van der Waals surface area contributed by atoms with E-state index < -0.39 is 0 Å². The summed E-state index contributed by atoms with van der Waals surface area (Å²) in [5, 5.41) is 10.1. The molecule has 1 aromatic carbocycles. The van der Waals surface area contributed by atoms with Crippen LogP contribution in [0.4, 0.5) is 0 Å². The summed E-state index contributed by atoms with van der Waals surface area (Å²) in [5.74, 6) is 0.899. The molecule has 0 saturated heterocycles. The van der Waals surface area contributed by atoms with Gasteiger partial charge in [-0.3, -0.25) is 4.90 Å². The fourth-order valence-corrected chi connectivity index (χ4v) is 3.11. The molecule has 2 nitrogen and oxygen atoms in total. The van der Waals surface area contributed by atoms with E-state index in [1.165, 1.54) is 12.0 Å². The normalized spacial score (nSPS) is 27.2. The quantitative estimate of drug-likeness (QED) is 0.831. The average Bonchev–Trinajstić information content (AvgIpc) is 2.41. The van der Waals surface area contributed by atoms with Gasteiger partial charge in [0.1, 0.15) is 0 Å². The summed E-state index contributed by atoms with van der Waals surface area (Å²) >= 11 is 5.90. The number of benzene rings is 1. The molecule has 1 saturated carbocycles. The maximum atomic E-state index is 9.30. The summed E-state index contributed by atoms with van der Waals surface area (Å²) in [6.07, 6.45) is 3.35. The number of halogens is 1. The van der Waals surface area contributed by atoms with Gasteiger partial charge < -0.3 is 0 Å². The van der Waals surface area contributed by atoms with E-state index in [4.69, 9.17) is 11.6 Å². The lowest BCUT2D eigenvalue weighted by Crippen LogP contribution is -2.41. The first-order valence-corrected chi connectivity index (χ1v) is 7.32. The molecule has 0 aliphatic heterocycles. The Morgan fingerprint density at radius 1 is 1.32 bits per heavy atom. The summed E-state index contributed by atoms with van der Waals surface area (Å²) in [5.41, 5.74) is 1.25. The molecular weight excluding hydrogens is 256 g/mol. The van der Waals surface area contributed by atoms with Crippen molar-refractivity contribution in [3.05, 3.63) is 34.9 Å². The van der Waals surface area contributed by atoms with Crippen molar-refractivity contribution in [2.45, 2.75) is 38.8 Å². The van der Waals surface area contributed by atoms with E-state index >= 15 is 0 Å². The van der Waals surface area contributed by atoms with E-state index in [2.05, 4.69) is 37.1 Å². The third-order valence-electron chi connectivity index (χ3n) is 4.16. The smallest absolute Gasteiger partial charge is 0.0672 e. The zero-order valence-electron chi connectivity index (χ0n) is 11.6. The molecule has 1 aromatic rings. The number of hydrogen-bond donors (Lipinski definition) is 0. The molecule has 1 fully saturated rings. The predicted octanol–water partition coefficient (Wildman–Crippen LogP) is 4.10. The van der Waals surface area contributed by atoms with Crippen molar-refractivity contribution in [3.8, 4) is 6.07 Å². The molecule has 102 valence electrons. The van der Waals surface area contributed by atoms with Crippen LogP contribution in [0, 0.1) is 23.2 Å². The van der Waals surface area contributed by atoms with Gasteiger partial charge in [0.15, 0.2) is 0 Å². The molecule has 0 bridgehead atoms.